The van der Waals surface area contributed by atoms with Gasteiger partial charge in [-0.15, -0.1) is 0 Å². The van der Waals surface area contributed by atoms with Gasteiger partial charge in [-0.3, -0.25) is 4.21 Å². The van der Waals surface area contributed by atoms with E-state index in [0.717, 1.165) is 17.7 Å². The van der Waals surface area contributed by atoms with Gasteiger partial charge in [0.2, 0.25) is 0 Å². The normalized spacial score (nSPS) is 12.5. The van der Waals surface area contributed by atoms with E-state index < -0.39 is 22.5 Å². The van der Waals surface area contributed by atoms with Crippen LogP contribution >= 0.6 is 0 Å². The monoisotopic (exact) mass is 338 g/mol. The van der Waals surface area contributed by atoms with Crippen molar-refractivity contribution >= 4 is 16.5 Å². The highest BCUT2D eigenvalue weighted by atomic mass is 32.2. The first-order chi connectivity index (χ1) is 10.8. The number of nitrogens with zero attached hydrogens (tertiary/aromatic N) is 1. The Labute approximate surface area is 134 Å². The zero-order chi connectivity index (χ0) is 17.0. The first-order valence-corrected chi connectivity index (χ1v) is 8.14. The second-order valence-electron chi connectivity index (χ2n) is 4.82. The van der Waals surface area contributed by atoms with Crippen LogP contribution < -0.4 is 5.32 Å². The van der Waals surface area contributed by atoms with Crippen molar-refractivity contribution in [3.63, 3.8) is 0 Å². The summed E-state index contributed by atoms with van der Waals surface area (Å²) in [6.07, 6.45) is -2.95. The summed E-state index contributed by atoms with van der Waals surface area (Å²) in [5.74, 6) is 0. The van der Waals surface area contributed by atoms with Crippen LogP contribution in [0.3, 0.4) is 0 Å². The lowest BCUT2D eigenvalue weighted by atomic mass is 10.1. The molecule has 2 rings (SSSR count). The van der Waals surface area contributed by atoms with Crippen molar-refractivity contribution in [3.05, 3.63) is 59.2 Å². The molecule has 0 aromatic heterocycles. The molecule has 0 saturated carbocycles. The maximum Gasteiger partial charge on any atom is 0.418 e. The van der Waals surface area contributed by atoms with Gasteiger partial charge in [0.1, 0.15) is 0 Å². The highest BCUT2D eigenvalue weighted by Crippen LogP contribution is 2.35. The highest BCUT2D eigenvalue weighted by molar-refractivity contribution is 7.84. The van der Waals surface area contributed by atoms with E-state index in [2.05, 4.69) is 5.32 Å². The van der Waals surface area contributed by atoms with Gasteiger partial charge in [-0.05, 0) is 35.9 Å². The van der Waals surface area contributed by atoms with E-state index >= 15 is 0 Å². The third-order valence-corrected chi connectivity index (χ3v) is 4.13. The highest BCUT2D eigenvalue weighted by Gasteiger charge is 2.33. The molecule has 0 amide bonds. The Morgan fingerprint density at radius 1 is 1.17 bits per heavy atom. The van der Waals surface area contributed by atoms with Crippen LogP contribution in [0.25, 0.3) is 0 Å². The molecule has 2 aromatic carbocycles. The van der Waals surface area contributed by atoms with Crippen LogP contribution in [0, 0.1) is 11.3 Å². The van der Waals surface area contributed by atoms with E-state index in [9.17, 15) is 17.4 Å². The van der Waals surface area contributed by atoms with Crippen molar-refractivity contribution in [2.75, 3.05) is 11.6 Å². The van der Waals surface area contributed by atoms with Gasteiger partial charge in [0.15, 0.2) is 0 Å². The third-order valence-electron chi connectivity index (χ3n) is 3.19. The molecule has 1 unspecified atom stereocenters. The first-order valence-electron chi connectivity index (χ1n) is 6.59. The summed E-state index contributed by atoms with van der Waals surface area (Å²) < 4.78 is 50.3. The number of benzene rings is 2. The lowest BCUT2D eigenvalue weighted by Crippen LogP contribution is -2.11. The summed E-state index contributed by atoms with van der Waals surface area (Å²) in [7, 11) is -1.10. The number of hydrogen-bond acceptors (Lipinski definition) is 3. The van der Waals surface area contributed by atoms with E-state index in [0.29, 0.717) is 4.90 Å². The van der Waals surface area contributed by atoms with Crippen LogP contribution in [-0.4, -0.2) is 10.5 Å². The lowest BCUT2D eigenvalue weighted by molar-refractivity contribution is -0.137. The Hall–Kier alpha value is -2.33. The van der Waals surface area contributed by atoms with Gasteiger partial charge >= 0.3 is 6.18 Å². The number of halogens is 3. The second kappa shape index (κ2) is 6.84. The number of nitriles is 1. The van der Waals surface area contributed by atoms with Crippen molar-refractivity contribution in [1.82, 2.24) is 0 Å². The maximum atomic E-state index is 13.0. The Bertz CT molecular complexity index is 764. The predicted molar refractivity (Wildman–Crippen MR) is 82.3 cm³/mol. The van der Waals surface area contributed by atoms with Crippen molar-refractivity contribution < 1.29 is 17.4 Å². The minimum atomic E-state index is -4.50. The fourth-order valence-electron chi connectivity index (χ4n) is 2.00. The molecule has 0 saturated heterocycles. The Morgan fingerprint density at radius 2 is 1.83 bits per heavy atom. The van der Waals surface area contributed by atoms with Gasteiger partial charge in [-0.1, -0.05) is 12.1 Å². The Morgan fingerprint density at radius 3 is 2.35 bits per heavy atom. The molecule has 23 heavy (non-hydrogen) atoms. The fraction of sp³-hybridized carbons (Fsp3) is 0.188. The Balaban J connectivity index is 2.22. The number of nitrogens with one attached hydrogen (secondary N) is 1. The van der Waals surface area contributed by atoms with Crippen LogP contribution in [0.1, 0.15) is 16.7 Å². The molecule has 0 bridgehead atoms. The second-order valence-corrected chi connectivity index (χ2v) is 6.20. The Kier molecular flexibility index (Phi) is 5.06. The average molecular weight is 338 g/mol. The number of hydrogen-bond donors (Lipinski definition) is 1. The van der Waals surface area contributed by atoms with E-state index in [1.807, 2.05) is 6.07 Å². The SMILES string of the molecule is CS(=O)c1ccc(CNc2cc(C#N)ccc2C(F)(F)F)cc1. The van der Waals surface area contributed by atoms with Gasteiger partial charge in [-0.25, -0.2) is 0 Å². The molecule has 1 atom stereocenters. The minimum absolute atomic E-state index is 0.139. The van der Waals surface area contributed by atoms with Crippen LogP contribution in [0.5, 0.6) is 0 Å². The van der Waals surface area contributed by atoms with Crippen molar-refractivity contribution in [3.8, 4) is 6.07 Å². The molecule has 0 radical (unpaired) electrons. The first kappa shape index (κ1) is 17.0. The number of anilines is 1. The number of alkyl halides is 3. The smallest absolute Gasteiger partial charge is 0.380 e. The standard InChI is InChI=1S/C16H13F3N2OS/c1-23(22)13-5-2-11(3-6-13)10-21-15-8-12(9-20)4-7-14(15)16(17,18)19/h2-8,21H,10H2,1H3. The maximum absolute atomic E-state index is 13.0. The third kappa shape index (κ3) is 4.33. The van der Waals surface area contributed by atoms with Crippen LogP contribution in [-0.2, 0) is 23.5 Å². The quantitative estimate of drug-likeness (QED) is 0.919. The molecule has 3 nitrogen and oxygen atoms in total. The van der Waals surface area contributed by atoms with Crippen molar-refractivity contribution in [2.45, 2.75) is 17.6 Å². The molecule has 7 heteroatoms. The van der Waals surface area contributed by atoms with Gasteiger partial charge < -0.3 is 5.32 Å². The molecular formula is C16H13F3N2OS. The van der Waals surface area contributed by atoms with Crippen LogP contribution in [0.15, 0.2) is 47.4 Å². The van der Waals surface area contributed by atoms with Crippen molar-refractivity contribution in [2.24, 2.45) is 0 Å². The minimum Gasteiger partial charge on any atom is -0.380 e. The van der Waals surface area contributed by atoms with Gasteiger partial charge in [0.25, 0.3) is 0 Å². The molecule has 0 heterocycles. The summed E-state index contributed by atoms with van der Waals surface area (Å²) in [4.78, 5) is 0.649. The molecule has 0 spiro atoms. The van der Waals surface area contributed by atoms with E-state index in [-0.39, 0.29) is 17.8 Å². The summed E-state index contributed by atoms with van der Waals surface area (Å²) in [6.45, 7) is 0.161. The van der Waals surface area contributed by atoms with E-state index in [4.69, 9.17) is 5.26 Å². The predicted octanol–water partition coefficient (Wildman–Crippen LogP) is 3.93. The van der Waals surface area contributed by atoms with Crippen LogP contribution in [0.4, 0.5) is 18.9 Å². The average Bonchev–Trinajstić information content (AvgIpc) is 2.52. The van der Waals surface area contributed by atoms with Crippen molar-refractivity contribution in [1.29, 1.82) is 5.26 Å². The summed E-state index contributed by atoms with van der Waals surface area (Å²) in [5, 5.41) is 11.5. The molecule has 2 aromatic rings. The van der Waals surface area contributed by atoms with Gasteiger partial charge in [0, 0.05) is 34.2 Å². The fourth-order valence-corrected chi connectivity index (χ4v) is 2.52. The molecule has 0 fully saturated rings. The summed E-state index contributed by atoms with van der Waals surface area (Å²) >= 11 is 0. The molecular weight excluding hydrogens is 325 g/mol. The zero-order valence-electron chi connectivity index (χ0n) is 12.1. The molecule has 120 valence electrons. The lowest BCUT2D eigenvalue weighted by Gasteiger charge is -2.15. The molecule has 0 aliphatic heterocycles. The summed E-state index contributed by atoms with van der Waals surface area (Å²) in [5.41, 5.74) is -0.0608. The molecule has 0 aliphatic rings. The van der Waals surface area contributed by atoms with Gasteiger partial charge in [-0.2, -0.15) is 18.4 Å². The topological polar surface area (TPSA) is 52.9 Å². The van der Waals surface area contributed by atoms with Gasteiger partial charge in [0.05, 0.1) is 17.2 Å². The zero-order valence-corrected chi connectivity index (χ0v) is 13.0. The van der Waals surface area contributed by atoms with E-state index in [1.165, 1.54) is 6.07 Å². The summed E-state index contributed by atoms with van der Waals surface area (Å²) in [6, 6.07) is 11.8. The largest absolute Gasteiger partial charge is 0.418 e. The van der Waals surface area contributed by atoms with E-state index in [1.54, 1.807) is 30.5 Å². The van der Waals surface area contributed by atoms with Crippen LogP contribution in [0.2, 0.25) is 0 Å². The molecule has 0 aliphatic carbocycles. The number of rotatable bonds is 4. The molecule has 1 N–H and O–H groups in total.